The third-order valence-corrected chi connectivity index (χ3v) is 5.20. The van der Waals surface area contributed by atoms with Crippen molar-refractivity contribution >= 4 is 22.7 Å². The highest BCUT2D eigenvalue weighted by molar-refractivity contribution is 7.12. The van der Waals surface area contributed by atoms with Crippen LogP contribution in [0.2, 0.25) is 0 Å². The van der Waals surface area contributed by atoms with Gasteiger partial charge in [0.25, 0.3) is 0 Å². The molecular formula is C20H14F3N5O2S. The molecule has 2 N–H and O–H groups in total. The predicted molar refractivity (Wildman–Crippen MR) is 110 cm³/mol. The van der Waals surface area contributed by atoms with Crippen LogP contribution < -0.4 is 5.56 Å². The molecule has 0 radical (unpaired) electrons. The standard InChI is InChI=1S/C20H14F3N5O2S/c1-11-17(26-25-14-8-4-3-7-13(14)20(21,22)23)18(30)28(27-11)19-24-15(10-31-19)12-6-2-5-9-16(12)29/h2-10,27,29H,1H3. The van der Waals surface area contributed by atoms with Crippen molar-refractivity contribution in [2.75, 3.05) is 0 Å². The van der Waals surface area contributed by atoms with Crippen molar-refractivity contribution in [3.05, 3.63) is 75.5 Å². The van der Waals surface area contributed by atoms with Gasteiger partial charge >= 0.3 is 11.7 Å². The van der Waals surface area contributed by atoms with E-state index in [4.69, 9.17) is 0 Å². The third-order valence-electron chi connectivity index (χ3n) is 4.37. The molecule has 0 aliphatic heterocycles. The second-order valence-electron chi connectivity index (χ2n) is 6.47. The van der Waals surface area contributed by atoms with Gasteiger partial charge in [0.05, 0.1) is 22.6 Å². The summed E-state index contributed by atoms with van der Waals surface area (Å²) >= 11 is 1.15. The first-order valence-electron chi connectivity index (χ1n) is 8.89. The minimum Gasteiger partial charge on any atom is -0.507 e. The Hall–Kier alpha value is -3.73. The molecule has 0 spiro atoms. The number of halogens is 3. The van der Waals surface area contributed by atoms with Crippen LogP contribution in [0.15, 0.2) is 68.9 Å². The average molecular weight is 445 g/mol. The second kappa shape index (κ2) is 7.84. The maximum absolute atomic E-state index is 13.1. The smallest absolute Gasteiger partial charge is 0.418 e. The Kier molecular flexibility index (Phi) is 5.19. The van der Waals surface area contributed by atoms with Crippen LogP contribution in [0.4, 0.5) is 24.5 Å². The number of H-pyrrole nitrogens is 1. The first-order valence-corrected chi connectivity index (χ1v) is 9.77. The zero-order chi connectivity index (χ0) is 22.2. The highest BCUT2D eigenvalue weighted by Gasteiger charge is 2.33. The fourth-order valence-electron chi connectivity index (χ4n) is 2.88. The Morgan fingerprint density at radius 3 is 2.55 bits per heavy atom. The maximum Gasteiger partial charge on any atom is 0.418 e. The molecule has 2 heterocycles. The van der Waals surface area contributed by atoms with Crippen LogP contribution in [0.25, 0.3) is 16.4 Å². The van der Waals surface area contributed by atoms with Crippen LogP contribution in [-0.4, -0.2) is 19.9 Å². The molecule has 0 bridgehead atoms. The summed E-state index contributed by atoms with van der Waals surface area (Å²) in [6.45, 7) is 1.56. The fourth-order valence-corrected chi connectivity index (χ4v) is 3.66. The van der Waals surface area contributed by atoms with Gasteiger partial charge in [0.15, 0.2) is 5.69 Å². The molecular weight excluding hydrogens is 431 g/mol. The van der Waals surface area contributed by atoms with Crippen molar-refractivity contribution in [3.8, 4) is 22.1 Å². The van der Waals surface area contributed by atoms with Gasteiger partial charge in [0, 0.05) is 10.9 Å². The summed E-state index contributed by atoms with van der Waals surface area (Å²) in [4.78, 5) is 17.1. The molecule has 7 nitrogen and oxygen atoms in total. The SMILES string of the molecule is Cc1[nH]n(-c2nc(-c3ccccc3O)cs2)c(=O)c1N=Nc1ccccc1C(F)(F)F. The van der Waals surface area contributed by atoms with Crippen molar-refractivity contribution in [1.29, 1.82) is 0 Å². The van der Waals surface area contributed by atoms with Crippen LogP contribution >= 0.6 is 11.3 Å². The summed E-state index contributed by atoms with van der Waals surface area (Å²) in [6.07, 6.45) is -4.59. The number of thiazole rings is 1. The molecule has 0 aliphatic rings. The van der Waals surface area contributed by atoms with E-state index in [0.29, 0.717) is 17.0 Å². The van der Waals surface area contributed by atoms with E-state index in [-0.39, 0.29) is 16.6 Å². The number of phenolic OH excluding ortho intramolecular Hbond substituents is 1. The minimum absolute atomic E-state index is 0.0483. The van der Waals surface area contributed by atoms with E-state index in [2.05, 4.69) is 20.3 Å². The summed E-state index contributed by atoms with van der Waals surface area (Å²) in [5.74, 6) is 0.0483. The molecule has 0 saturated heterocycles. The zero-order valence-corrected chi connectivity index (χ0v) is 16.7. The minimum atomic E-state index is -4.59. The number of para-hydroxylation sites is 1. The summed E-state index contributed by atoms with van der Waals surface area (Å²) in [7, 11) is 0. The first-order chi connectivity index (χ1) is 14.8. The lowest BCUT2D eigenvalue weighted by molar-refractivity contribution is -0.137. The number of nitrogens with zero attached hydrogens (tertiary/aromatic N) is 4. The van der Waals surface area contributed by atoms with Crippen LogP contribution in [0.3, 0.4) is 0 Å². The number of nitrogens with one attached hydrogen (secondary N) is 1. The van der Waals surface area contributed by atoms with Crippen LogP contribution in [0.1, 0.15) is 11.3 Å². The Labute approximate surface area is 177 Å². The van der Waals surface area contributed by atoms with Crippen LogP contribution in [-0.2, 0) is 6.18 Å². The summed E-state index contributed by atoms with van der Waals surface area (Å²) in [6, 6.07) is 11.4. The molecule has 2 aromatic heterocycles. The fraction of sp³-hybridized carbons (Fsp3) is 0.100. The average Bonchev–Trinajstić information content (AvgIpc) is 3.31. The molecule has 0 saturated carbocycles. The predicted octanol–water partition coefficient (Wildman–Crippen LogP) is 5.74. The number of alkyl halides is 3. The lowest BCUT2D eigenvalue weighted by atomic mass is 10.1. The van der Waals surface area contributed by atoms with Gasteiger partial charge in [0.2, 0.25) is 5.13 Å². The Morgan fingerprint density at radius 2 is 1.81 bits per heavy atom. The van der Waals surface area contributed by atoms with Crippen molar-refractivity contribution in [2.24, 2.45) is 10.2 Å². The van der Waals surface area contributed by atoms with E-state index in [1.54, 1.807) is 30.5 Å². The monoisotopic (exact) mass is 445 g/mol. The van der Waals surface area contributed by atoms with E-state index in [9.17, 15) is 23.1 Å². The van der Waals surface area contributed by atoms with Gasteiger partial charge in [-0.2, -0.15) is 17.9 Å². The number of aromatic amines is 1. The van der Waals surface area contributed by atoms with Crippen molar-refractivity contribution in [2.45, 2.75) is 13.1 Å². The van der Waals surface area contributed by atoms with Crippen LogP contribution in [0, 0.1) is 6.92 Å². The molecule has 2 aromatic carbocycles. The van der Waals surface area contributed by atoms with Gasteiger partial charge in [-0.05, 0) is 31.2 Å². The lowest BCUT2D eigenvalue weighted by Crippen LogP contribution is -2.13. The van der Waals surface area contributed by atoms with Gasteiger partial charge in [-0.15, -0.1) is 21.6 Å². The zero-order valence-electron chi connectivity index (χ0n) is 15.9. The molecule has 11 heteroatoms. The molecule has 0 aliphatic carbocycles. The van der Waals surface area contributed by atoms with E-state index in [0.717, 1.165) is 22.1 Å². The number of aromatic nitrogens is 3. The normalized spacial score (nSPS) is 12.0. The molecule has 0 amide bonds. The first kappa shape index (κ1) is 20.5. The molecule has 4 aromatic rings. The van der Waals surface area contributed by atoms with Crippen molar-refractivity contribution in [3.63, 3.8) is 0 Å². The van der Waals surface area contributed by atoms with E-state index in [1.807, 2.05) is 0 Å². The third kappa shape index (κ3) is 3.99. The molecule has 0 fully saturated rings. The number of benzene rings is 2. The van der Waals surface area contributed by atoms with E-state index >= 15 is 0 Å². The van der Waals surface area contributed by atoms with Gasteiger partial charge in [-0.3, -0.25) is 9.89 Å². The number of phenols is 1. The Balaban J connectivity index is 1.70. The number of hydrogen-bond donors (Lipinski definition) is 2. The number of aryl methyl sites for hydroxylation is 1. The largest absolute Gasteiger partial charge is 0.507 e. The van der Waals surface area contributed by atoms with Crippen molar-refractivity contribution < 1.29 is 18.3 Å². The number of aromatic hydroxyl groups is 1. The maximum atomic E-state index is 13.1. The topological polar surface area (TPSA) is 95.6 Å². The summed E-state index contributed by atoms with van der Waals surface area (Å²) < 4.78 is 40.5. The Morgan fingerprint density at radius 1 is 1.10 bits per heavy atom. The van der Waals surface area contributed by atoms with E-state index in [1.165, 1.54) is 24.3 Å². The number of hydrogen-bond acceptors (Lipinski definition) is 6. The Bertz CT molecular complexity index is 1340. The highest BCUT2D eigenvalue weighted by atomic mass is 32.1. The second-order valence-corrected chi connectivity index (χ2v) is 7.31. The van der Waals surface area contributed by atoms with Gasteiger partial charge in [-0.1, -0.05) is 24.3 Å². The quantitative estimate of drug-likeness (QED) is 0.392. The molecule has 4 rings (SSSR count). The van der Waals surface area contributed by atoms with Gasteiger partial charge in [0.1, 0.15) is 5.75 Å². The molecule has 31 heavy (non-hydrogen) atoms. The molecule has 0 unspecified atom stereocenters. The number of rotatable bonds is 4. The van der Waals surface area contributed by atoms with E-state index < -0.39 is 23.0 Å². The van der Waals surface area contributed by atoms with Crippen molar-refractivity contribution in [1.82, 2.24) is 14.8 Å². The lowest BCUT2D eigenvalue weighted by Gasteiger charge is -2.07. The number of azo groups is 1. The van der Waals surface area contributed by atoms with Gasteiger partial charge < -0.3 is 5.11 Å². The summed E-state index contributed by atoms with van der Waals surface area (Å²) in [5, 5.41) is 22.2. The molecule has 0 atom stereocenters. The van der Waals surface area contributed by atoms with Crippen LogP contribution in [0.5, 0.6) is 5.75 Å². The highest BCUT2D eigenvalue weighted by Crippen LogP contribution is 2.36. The molecule has 158 valence electrons. The van der Waals surface area contributed by atoms with Gasteiger partial charge in [-0.25, -0.2) is 4.98 Å². The summed E-state index contributed by atoms with van der Waals surface area (Å²) in [5.41, 5.74) is -0.778.